The third-order valence-electron chi connectivity index (χ3n) is 5.51. The maximum atomic E-state index is 12.8. The molecule has 1 fully saturated rings. The van der Waals surface area contributed by atoms with Gasteiger partial charge in [0.25, 0.3) is 0 Å². The summed E-state index contributed by atoms with van der Waals surface area (Å²) >= 11 is 2.92. The second kappa shape index (κ2) is 9.83. The Morgan fingerprint density at radius 1 is 1.03 bits per heavy atom. The molecule has 1 amide bonds. The molecule has 0 bridgehead atoms. The van der Waals surface area contributed by atoms with Gasteiger partial charge in [0, 0.05) is 29.0 Å². The molecule has 1 aliphatic heterocycles. The molecule has 4 aromatic rings. The van der Waals surface area contributed by atoms with E-state index in [1.807, 2.05) is 18.2 Å². The van der Waals surface area contributed by atoms with Crippen molar-refractivity contribution in [3.05, 3.63) is 67.0 Å². The van der Waals surface area contributed by atoms with Gasteiger partial charge in [0.05, 0.1) is 10.6 Å². The summed E-state index contributed by atoms with van der Waals surface area (Å²) in [5.74, 6) is -0.0860. The van der Waals surface area contributed by atoms with Gasteiger partial charge in [-0.1, -0.05) is 48.2 Å². The molecule has 0 saturated carbocycles. The Balaban J connectivity index is 1.28. The van der Waals surface area contributed by atoms with E-state index < -0.39 is 10.0 Å². The van der Waals surface area contributed by atoms with Gasteiger partial charge in [-0.15, -0.1) is 11.3 Å². The first-order chi connectivity index (χ1) is 16.5. The van der Waals surface area contributed by atoms with Gasteiger partial charge in [-0.3, -0.25) is 4.79 Å². The van der Waals surface area contributed by atoms with Crippen LogP contribution in [0.2, 0.25) is 0 Å². The fraction of sp³-hybridized carbons (Fsp3) is 0.208. The van der Waals surface area contributed by atoms with Crippen molar-refractivity contribution < 1.29 is 13.2 Å². The van der Waals surface area contributed by atoms with Crippen LogP contribution in [-0.4, -0.2) is 47.4 Å². The van der Waals surface area contributed by atoms with Gasteiger partial charge in [0.2, 0.25) is 15.9 Å². The molecule has 5 rings (SSSR count). The zero-order valence-corrected chi connectivity index (χ0v) is 20.6. The first-order valence-electron chi connectivity index (χ1n) is 10.8. The van der Waals surface area contributed by atoms with E-state index in [1.54, 1.807) is 29.5 Å². The number of nitrogens with one attached hydrogen (secondary N) is 1. The van der Waals surface area contributed by atoms with Crippen molar-refractivity contribution >= 4 is 54.9 Å². The predicted molar refractivity (Wildman–Crippen MR) is 137 cm³/mol. The Morgan fingerprint density at radius 3 is 2.62 bits per heavy atom. The van der Waals surface area contributed by atoms with Gasteiger partial charge in [-0.05, 0) is 42.7 Å². The van der Waals surface area contributed by atoms with Crippen molar-refractivity contribution in [2.45, 2.75) is 22.8 Å². The van der Waals surface area contributed by atoms with E-state index in [2.05, 4.69) is 33.5 Å². The van der Waals surface area contributed by atoms with Gasteiger partial charge in [-0.2, -0.15) is 4.31 Å². The quantitative estimate of drug-likeness (QED) is 0.282. The molecule has 34 heavy (non-hydrogen) atoms. The highest BCUT2D eigenvalue weighted by Crippen LogP contribution is 2.36. The summed E-state index contributed by atoms with van der Waals surface area (Å²) in [7, 11) is -3.54. The monoisotopic (exact) mass is 510 g/mol. The molecular formula is C24H22N4O3S3. The average Bonchev–Trinajstić information content (AvgIpc) is 3.54. The maximum Gasteiger partial charge on any atom is 0.243 e. The Kier molecular flexibility index (Phi) is 6.64. The third-order valence-corrected chi connectivity index (χ3v) is 9.50. The molecule has 1 N–H and O–H groups in total. The van der Waals surface area contributed by atoms with Crippen molar-refractivity contribution in [1.82, 2.24) is 14.3 Å². The van der Waals surface area contributed by atoms with Crippen LogP contribution in [0, 0.1) is 0 Å². The van der Waals surface area contributed by atoms with Crippen LogP contribution in [0.15, 0.2) is 76.9 Å². The summed E-state index contributed by atoms with van der Waals surface area (Å²) in [6, 6.07) is 18.6. The smallest absolute Gasteiger partial charge is 0.243 e. The number of anilines is 1. The van der Waals surface area contributed by atoms with Gasteiger partial charge < -0.3 is 5.32 Å². The Hall–Kier alpha value is -2.79. The minimum absolute atomic E-state index is 0.145. The number of carbonyl (C=O) groups excluding carboxylic acids is 1. The summed E-state index contributed by atoms with van der Waals surface area (Å²) in [6.07, 6.45) is 3.26. The molecule has 0 spiro atoms. The van der Waals surface area contributed by atoms with Gasteiger partial charge >= 0.3 is 0 Å². The lowest BCUT2D eigenvalue weighted by atomic mass is 10.2. The van der Waals surface area contributed by atoms with Crippen LogP contribution in [0.5, 0.6) is 0 Å². The molecule has 1 saturated heterocycles. The standard InChI is InChI=1S/C24H22N4O3S3/c29-22(27-18-9-6-10-19(13-18)34(30,31)28-11-4-5-12-28)15-32-23-20-14-21(17-7-2-1-3-8-17)33-24(20)26-16-25-23/h1-3,6-10,13-14,16H,4-5,11-12,15H2,(H,27,29). The van der Waals surface area contributed by atoms with Crippen LogP contribution in [0.3, 0.4) is 0 Å². The molecular weight excluding hydrogens is 488 g/mol. The van der Waals surface area contributed by atoms with Crippen LogP contribution in [-0.2, 0) is 14.8 Å². The van der Waals surface area contributed by atoms with E-state index in [1.165, 1.54) is 28.5 Å². The number of thioether (sulfide) groups is 1. The molecule has 7 nitrogen and oxygen atoms in total. The number of nitrogens with zero attached hydrogens (tertiary/aromatic N) is 3. The van der Waals surface area contributed by atoms with Crippen molar-refractivity contribution in [3.63, 3.8) is 0 Å². The van der Waals surface area contributed by atoms with Crippen LogP contribution >= 0.6 is 23.1 Å². The fourth-order valence-electron chi connectivity index (χ4n) is 3.84. The Bertz CT molecular complexity index is 1430. The zero-order chi connectivity index (χ0) is 23.5. The minimum atomic E-state index is -3.54. The molecule has 0 atom stereocenters. The Morgan fingerprint density at radius 2 is 1.82 bits per heavy atom. The number of rotatable bonds is 7. The second-order valence-corrected chi connectivity index (χ2v) is 11.8. The van der Waals surface area contributed by atoms with Crippen LogP contribution < -0.4 is 5.32 Å². The minimum Gasteiger partial charge on any atom is -0.325 e. The van der Waals surface area contributed by atoms with E-state index in [-0.39, 0.29) is 16.6 Å². The van der Waals surface area contributed by atoms with Crippen molar-refractivity contribution in [1.29, 1.82) is 0 Å². The van der Waals surface area contributed by atoms with E-state index in [0.717, 1.165) is 38.5 Å². The molecule has 1 aliphatic rings. The molecule has 2 aromatic heterocycles. The molecule has 10 heteroatoms. The van der Waals surface area contributed by atoms with Gasteiger partial charge in [0.1, 0.15) is 16.2 Å². The highest BCUT2D eigenvalue weighted by Gasteiger charge is 2.27. The van der Waals surface area contributed by atoms with Crippen LogP contribution in [0.25, 0.3) is 20.7 Å². The van der Waals surface area contributed by atoms with Crippen molar-refractivity contribution in [2.75, 3.05) is 24.2 Å². The number of thiophene rings is 1. The molecule has 0 unspecified atom stereocenters. The predicted octanol–water partition coefficient (Wildman–Crippen LogP) is 4.87. The number of benzene rings is 2. The lowest BCUT2D eigenvalue weighted by molar-refractivity contribution is -0.113. The number of amides is 1. The number of sulfonamides is 1. The summed E-state index contributed by atoms with van der Waals surface area (Å²) in [5.41, 5.74) is 1.57. The zero-order valence-electron chi connectivity index (χ0n) is 18.2. The Labute approximate surface area is 206 Å². The van der Waals surface area contributed by atoms with E-state index in [4.69, 9.17) is 0 Å². The molecule has 0 radical (unpaired) electrons. The van der Waals surface area contributed by atoms with E-state index >= 15 is 0 Å². The summed E-state index contributed by atoms with van der Waals surface area (Å²) in [4.78, 5) is 23.6. The lowest BCUT2D eigenvalue weighted by Crippen LogP contribution is -2.28. The first kappa shape index (κ1) is 23.0. The van der Waals surface area contributed by atoms with Crippen molar-refractivity contribution in [3.8, 4) is 10.4 Å². The SMILES string of the molecule is O=C(CSc1ncnc2sc(-c3ccccc3)cc12)Nc1cccc(S(=O)(=O)N2CCCC2)c1. The number of hydrogen-bond acceptors (Lipinski definition) is 7. The highest BCUT2D eigenvalue weighted by atomic mass is 32.2. The average molecular weight is 511 g/mol. The van der Waals surface area contributed by atoms with Gasteiger partial charge in [0.15, 0.2) is 0 Å². The normalized spacial score (nSPS) is 14.5. The van der Waals surface area contributed by atoms with Crippen LogP contribution in [0.4, 0.5) is 5.69 Å². The van der Waals surface area contributed by atoms with Crippen molar-refractivity contribution in [2.24, 2.45) is 0 Å². The molecule has 2 aromatic carbocycles. The molecule has 3 heterocycles. The summed E-state index contributed by atoms with van der Waals surface area (Å²) < 4.78 is 27.1. The van der Waals surface area contributed by atoms with E-state index in [0.29, 0.717) is 18.8 Å². The summed E-state index contributed by atoms with van der Waals surface area (Å²) in [6.45, 7) is 1.08. The van der Waals surface area contributed by atoms with E-state index in [9.17, 15) is 13.2 Å². The topological polar surface area (TPSA) is 92.3 Å². The number of fused-ring (bicyclic) bond motifs is 1. The molecule has 174 valence electrons. The lowest BCUT2D eigenvalue weighted by Gasteiger charge is -2.16. The highest BCUT2D eigenvalue weighted by molar-refractivity contribution is 8.00. The summed E-state index contributed by atoms with van der Waals surface area (Å²) in [5, 5.41) is 4.47. The second-order valence-electron chi connectivity index (χ2n) is 7.85. The number of hydrogen-bond donors (Lipinski definition) is 1. The number of carbonyl (C=O) groups is 1. The largest absolute Gasteiger partial charge is 0.325 e. The fourth-order valence-corrected chi connectivity index (χ4v) is 7.24. The third kappa shape index (κ3) is 4.85. The molecule has 0 aliphatic carbocycles. The van der Waals surface area contributed by atoms with Crippen LogP contribution in [0.1, 0.15) is 12.8 Å². The van der Waals surface area contributed by atoms with Gasteiger partial charge in [-0.25, -0.2) is 18.4 Å². The first-order valence-corrected chi connectivity index (χ1v) is 14.1. The number of aromatic nitrogens is 2. The maximum absolute atomic E-state index is 12.8.